The van der Waals surface area contributed by atoms with Crippen LogP contribution in [0.15, 0.2) is 23.3 Å². The number of nitrogens with zero attached hydrogens (tertiary/aromatic N) is 4. The van der Waals surface area contributed by atoms with Gasteiger partial charge in [-0.1, -0.05) is 6.07 Å². The fourth-order valence-electron chi connectivity index (χ4n) is 3.90. The van der Waals surface area contributed by atoms with E-state index in [1.807, 2.05) is 6.20 Å². The van der Waals surface area contributed by atoms with Crippen molar-refractivity contribution in [2.45, 2.75) is 45.9 Å². The summed E-state index contributed by atoms with van der Waals surface area (Å²) in [4.78, 5) is 14.0. The predicted octanol–water partition coefficient (Wildman–Crippen LogP) is 2.13. The molecule has 3 rings (SSSR count). The molecule has 3 atom stereocenters. The summed E-state index contributed by atoms with van der Waals surface area (Å²) in [5, 5.41) is 3.39. The van der Waals surface area contributed by atoms with Crippen molar-refractivity contribution in [3.63, 3.8) is 0 Å². The van der Waals surface area contributed by atoms with Crippen LogP contribution in [0.3, 0.4) is 0 Å². The maximum Gasteiger partial charge on any atom is 0.193 e. The van der Waals surface area contributed by atoms with Crippen molar-refractivity contribution in [1.82, 2.24) is 15.2 Å². The van der Waals surface area contributed by atoms with E-state index in [0.29, 0.717) is 12.5 Å². The van der Waals surface area contributed by atoms with Crippen molar-refractivity contribution in [3.05, 3.63) is 23.9 Å². The highest BCUT2D eigenvalue weighted by molar-refractivity contribution is 5.79. The molecule has 0 aliphatic carbocycles. The van der Waals surface area contributed by atoms with Crippen LogP contribution in [0.2, 0.25) is 0 Å². The Morgan fingerprint density at radius 1 is 1.32 bits per heavy atom. The lowest BCUT2D eigenvalue weighted by atomic mass is 10.1. The summed E-state index contributed by atoms with van der Waals surface area (Å²) < 4.78 is 11.3. The second-order valence-electron chi connectivity index (χ2n) is 7.97. The van der Waals surface area contributed by atoms with Crippen LogP contribution in [0.25, 0.3) is 0 Å². The molecule has 2 aliphatic heterocycles. The number of aromatic nitrogens is 1. The van der Waals surface area contributed by atoms with Gasteiger partial charge in [0.25, 0.3) is 0 Å². The number of guanidine groups is 1. The van der Waals surface area contributed by atoms with Crippen LogP contribution in [-0.4, -0.2) is 74.5 Å². The third kappa shape index (κ3) is 5.82. The molecule has 0 aromatic carbocycles. The van der Waals surface area contributed by atoms with E-state index in [-0.39, 0.29) is 12.2 Å². The van der Waals surface area contributed by atoms with E-state index in [9.17, 15) is 0 Å². The molecule has 2 saturated heterocycles. The van der Waals surface area contributed by atoms with Crippen LogP contribution in [0.1, 0.15) is 32.8 Å². The van der Waals surface area contributed by atoms with Crippen molar-refractivity contribution in [1.29, 1.82) is 0 Å². The molecule has 0 radical (unpaired) electrons. The van der Waals surface area contributed by atoms with E-state index >= 15 is 0 Å². The highest BCUT2D eigenvalue weighted by Crippen LogP contribution is 2.19. The van der Waals surface area contributed by atoms with Crippen LogP contribution in [-0.2, 0) is 16.0 Å². The minimum Gasteiger partial charge on any atom is -0.381 e. The normalized spacial score (nSPS) is 25.8. The second-order valence-corrected chi connectivity index (χ2v) is 7.97. The smallest absolute Gasteiger partial charge is 0.193 e. The predicted molar refractivity (Wildman–Crippen MR) is 113 cm³/mol. The van der Waals surface area contributed by atoms with E-state index in [1.165, 1.54) is 0 Å². The molecule has 1 aromatic rings. The quantitative estimate of drug-likeness (QED) is 0.594. The molecule has 0 spiro atoms. The number of nitrogens with one attached hydrogen (secondary N) is 1. The van der Waals surface area contributed by atoms with Crippen molar-refractivity contribution < 1.29 is 9.47 Å². The summed E-state index contributed by atoms with van der Waals surface area (Å²) in [5.74, 6) is 2.54. The Labute approximate surface area is 169 Å². The number of pyridine rings is 1. The maximum absolute atomic E-state index is 5.81. The molecule has 7 heteroatoms. The molecule has 1 aromatic heterocycles. The van der Waals surface area contributed by atoms with Gasteiger partial charge in [0.2, 0.25) is 0 Å². The van der Waals surface area contributed by atoms with Gasteiger partial charge in [-0.15, -0.1) is 0 Å². The molecule has 7 nitrogen and oxygen atoms in total. The Hall–Kier alpha value is -1.86. The van der Waals surface area contributed by atoms with Crippen molar-refractivity contribution in [2.75, 3.05) is 51.3 Å². The summed E-state index contributed by atoms with van der Waals surface area (Å²) in [6, 6.07) is 4.23. The Morgan fingerprint density at radius 3 is 2.71 bits per heavy atom. The highest BCUT2D eigenvalue weighted by Gasteiger charge is 2.23. The van der Waals surface area contributed by atoms with Crippen molar-refractivity contribution in [2.24, 2.45) is 10.9 Å². The first-order chi connectivity index (χ1) is 13.5. The van der Waals surface area contributed by atoms with E-state index in [1.54, 1.807) is 0 Å². The third-order valence-corrected chi connectivity index (χ3v) is 5.22. The molecule has 0 saturated carbocycles. The number of rotatable bonds is 6. The number of anilines is 1. The first-order valence-electron chi connectivity index (χ1n) is 10.5. The van der Waals surface area contributed by atoms with Gasteiger partial charge in [-0.05, 0) is 38.8 Å². The molecule has 28 heavy (non-hydrogen) atoms. The van der Waals surface area contributed by atoms with Crippen LogP contribution < -0.4 is 10.2 Å². The number of aliphatic imine (C=N–C) groups is 1. The lowest BCUT2D eigenvalue weighted by Gasteiger charge is -2.36. The SMILES string of the molecule is CCNC(=NCc1ccc(N2CC(C)OC(C)C2)nc1)N(C)CC1CCOC1. The summed E-state index contributed by atoms with van der Waals surface area (Å²) in [5.41, 5.74) is 1.12. The zero-order valence-corrected chi connectivity index (χ0v) is 17.7. The van der Waals surface area contributed by atoms with Gasteiger partial charge >= 0.3 is 0 Å². The van der Waals surface area contributed by atoms with Gasteiger partial charge in [-0.25, -0.2) is 9.98 Å². The van der Waals surface area contributed by atoms with Crippen LogP contribution in [0.5, 0.6) is 0 Å². The average Bonchev–Trinajstić information content (AvgIpc) is 3.17. The van der Waals surface area contributed by atoms with E-state index in [0.717, 1.165) is 63.2 Å². The van der Waals surface area contributed by atoms with Gasteiger partial charge in [0.15, 0.2) is 5.96 Å². The Morgan fingerprint density at radius 2 is 2.11 bits per heavy atom. The minimum atomic E-state index is 0.235. The monoisotopic (exact) mass is 389 g/mol. The van der Waals surface area contributed by atoms with Crippen molar-refractivity contribution >= 4 is 11.8 Å². The number of morpholine rings is 1. The lowest BCUT2D eigenvalue weighted by Crippen LogP contribution is -2.45. The van der Waals surface area contributed by atoms with Gasteiger partial charge < -0.3 is 24.6 Å². The standard InChI is InChI=1S/C21H35N5O2/c1-5-22-21(25(4)14-19-8-9-27-15-19)24-11-18-6-7-20(23-10-18)26-12-16(2)28-17(3)13-26/h6-7,10,16-17,19H,5,8-9,11-15H2,1-4H3,(H,22,24). The minimum absolute atomic E-state index is 0.235. The van der Waals surface area contributed by atoms with Gasteiger partial charge in [0.05, 0.1) is 25.4 Å². The Balaban J connectivity index is 1.59. The fraction of sp³-hybridized carbons (Fsp3) is 0.714. The topological polar surface area (TPSA) is 62.2 Å². The molecular formula is C21H35N5O2. The molecule has 3 heterocycles. The van der Waals surface area contributed by atoms with Crippen LogP contribution in [0, 0.1) is 5.92 Å². The number of ether oxygens (including phenoxy) is 2. The van der Waals surface area contributed by atoms with Crippen LogP contribution >= 0.6 is 0 Å². The molecule has 2 fully saturated rings. The Bertz CT molecular complexity index is 620. The molecule has 2 aliphatic rings. The molecule has 3 unspecified atom stereocenters. The molecule has 0 amide bonds. The zero-order chi connectivity index (χ0) is 19.9. The molecule has 0 bridgehead atoms. The van der Waals surface area contributed by atoms with E-state index in [4.69, 9.17) is 14.5 Å². The van der Waals surface area contributed by atoms with E-state index in [2.05, 4.69) is 60.1 Å². The van der Waals surface area contributed by atoms with Gasteiger partial charge in [0.1, 0.15) is 5.82 Å². The van der Waals surface area contributed by atoms with Crippen LogP contribution in [0.4, 0.5) is 5.82 Å². The van der Waals surface area contributed by atoms with Gasteiger partial charge in [-0.2, -0.15) is 0 Å². The largest absolute Gasteiger partial charge is 0.381 e. The summed E-state index contributed by atoms with van der Waals surface area (Å²) >= 11 is 0. The van der Waals surface area contributed by atoms with Gasteiger partial charge in [0, 0.05) is 51.9 Å². The lowest BCUT2D eigenvalue weighted by molar-refractivity contribution is -0.00545. The average molecular weight is 390 g/mol. The second kappa shape index (κ2) is 10.1. The van der Waals surface area contributed by atoms with E-state index < -0.39 is 0 Å². The number of hydrogen-bond acceptors (Lipinski definition) is 5. The molecule has 156 valence electrons. The summed E-state index contributed by atoms with van der Waals surface area (Å²) in [7, 11) is 2.10. The fourth-order valence-corrected chi connectivity index (χ4v) is 3.90. The zero-order valence-electron chi connectivity index (χ0n) is 17.7. The first kappa shape index (κ1) is 20.9. The maximum atomic E-state index is 5.81. The third-order valence-electron chi connectivity index (χ3n) is 5.22. The van der Waals surface area contributed by atoms with Crippen molar-refractivity contribution in [3.8, 4) is 0 Å². The van der Waals surface area contributed by atoms with Gasteiger partial charge in [-0.3, -0.25) is 0 Å². The Kier molecular flexibility index (Phi) is 7.50. The summed E-state index contributed by atoms with van der Waals surface area (Å²) in [6.07, 6.45) is 3.54. The summed E-state index contributed by atoms with van der Waals surface area (Å²) in [6.45, 7) is 12.3. The first-order valence-corrected chi connectivity index (χ1v) is 10.5. The molecular weight excluding hydrogens is 354 g/mol. The number of hydrogen-bond donors (Lipinski definition) is 1. The molecule has 1 N–H and O–H groups in total. The highest BCUT2D eigenvalue weighted by atomic mass is 16.5.